The van der Waals surface area contributed by atoms with Crippen molar-refractivity contribution in [2.24, 2.45) is 0 Å². The molecule has 0 amide bonds. The van der Waals surface area contributed by atoms with Gasteiger partial charge in [-0.1, -0.05) is 36.4 Å². The molecule has 3 rings (SSSR count). The molecule has 2 heterocycles. The maximum Gasteiger partial charge on any atom is 0.114 e. The van der Waals surface area contributed by atoms with Gasteiger partial charge in [0.05, 0.1) is 11.3 Å². The van der Waals surface area contributed by atoms with Gasteiger partial charge < -0.3 is 0 Å². The van der Waals surface area contributed by atoms with Crippen LogP contribution < -0.4 is 0 Å². The van der Waals surface area contributed by atoms with E-state index >= 15 is 0 Å². The first-order valence-corrected chi connectivity index (χ1v) is 8.93. The summed E-state index contributed by atoms with van der Waals surface area (Å²) in [6.45, 7) is 2.81. The fourth-order valence-corrected chi connectivity index (χ4v) is 3.35. The lowest BCUT2D eigenvalue weighted by molar-refractivity contribution is 0.290. The second kappa shape index (κ2) is 7.45. The molecule has 0 N–H and O–H groups in total. The molecule has 0 atom stereocenters. The van der Waals surface area contributed by atoms with E-state index in [1.54, 1.807) is 0 Å². The zero-order chi connectivity index (χ0) is 16.1. The van der Waals surface area contributed by atoms with Gasteiger partial charge in [0.2, 0.25) is 0 Å². The van der Waals surface area contributed by atoms with Crippen LogP contribution in [0.15, 0.2) is 53.6 Å². The second-order valence-electron chi connectivity index (χ2n) is 5.55. The van der Waals surface area contributed by atoms with Crippen LogP contribution in [0.2, 0.25) is 0 Å². The first-order valence-electron chi connectivity index (χ1n) is 7.71. The summed E-state index contributed by atoms with van der Waals surface area (Å²) in [4.78, 5) is 7.01. The molecule has 0 unspecified atom stereocenters. The molecule has 0 saturated heterocycles. The van der Waals surface area contributed by atoms with E-state index in [4.69, 9.17) is 5.26 Å². The third-order valence-corrected chi connectivity index (χ3v) is 4.75. The Balaban J connectivity index is 1.67. The summed E-state index contributed by atoms with van der Waals surface area (Å²) in [6, 6.07) is 16.6. The molecule has 1 aromatic heterocycles. The third-order valence-electron chi connectivity index (χ3n) is 4.06. The van der Waals surface area contributed by atoms with Crippen LogP contribution in [0.5, 0.6) is 0 Å². The van der Waals surface area contributed by atoms with Crippen molar-refractivity contribution in [3.63, 3.8) is 0 Å². The highest BCUT2D eigenvalue weighted by Gasteiger charge is 2.14. The van der Waals surface area contributed by atoms with Gasteiger partial charge in [0.1, 0.15) is 11.1 Å². The van der Waals surface area contributed by atoms with Crippen molar-refractivity contribution in [1.82, 2.24) is 9.88 Å². The topological polar surface area (TPSA) is 39.9 Å². The van der Waals surface area contributed by atoms with Crippen LogP contribution in [-0.4, -0.2) is 29.2 Å². The molecular weight excluding hydrogens is 302 g/mol. The van der Waals surface area contributed by atoms with E-state index in [1.807, 2.05) is 18.4 Å². The first-order chi connectivity index (χ1) is 11.3. The Morgan fingerprint density at radius 1 is 1.22 bits per heavy atom. The number of hydrogen-bond acceptors (Lipinski definition) is 4. The minimum atomic E-state index is 0.658. The van der Waals surface area contributed by atoms with E-state index in [0.717, 1.165) is 36.8 Å². The fraction of sp³-hybridized carbons (Fsp3) is 0.263. The lowest BCUT2D eigenvalue weighted by Gasteiger charge is -2.26. The van der Waals surface area contributed by atoms with Crippen LogP contribution in [0.25, 0.3) is 5.57 Å². The van der Waals surface area contributed by atoms with Crippen molar-refractivity contribution in [2.45, 2.75) is 18.0 Å². The number of rotatable bonds is 4. The summed E-state index contributed by atoms with van der Waals surface area (Å²) in [5.74, 6) is 0. The highest BCUT2D eigenvalue weighted by molar-refractivity contribution is 7.98. The van der Waals surface area contributed by atoms with Gasteiger partial charge >= 0.3 is 0 Å². The van der Waals surface area contributed by atoms with Gasteiger partial charge in [0.15, 0.2) is 0 Å². The van der Waals surface area contributed by atoms with E-state index in [1.165, 1.54) is 22.9 Å². The SMILES string of the molecule is CSc1nc(CN2CC=C(c3ccccc3)CC2)ccc1C#N. The first kappa shape index (κ1) is 15.8. The number of pyridine rings is 1. The summed E-state index contributed by atoms with van der Waals surface area (Å²) < 4.78 is 0. The number of nitrogens with zero attached hydrogens (tertiary/aromatic N) is 3. The molecule has 1 aliphatic heterocycles. The van der Waals surface area contributed by atoms with Crippen LogP contribution in [0.1, 0.15) is 23.2 Å². The smallest absolute Gasteiger partial charge is 0.114 e. The molecule has 23 heavy (non-hydrogen) atoms. The number of benzene rings is 1. The van der Waals surface area contributed by atoms with Crippen molar-refractivity contribution >= 4 is 17.3 Å². The molecule has 0 bridgehead atoms. The monoisotopic (exact) mass is 321 g/mol. The highest BCUT2D eigenvalue weighted by atomic mass is 32.2. The van der Waals surface area contributed by atoms with Gasteiger partial charge in [-0.3, -0.25) is 4.90 Å². The molecule has 3 nitrogen and oxygen atoms in total. The van der Waals surface area contributed by atoms with E-state index in [9.17, 15) is 0 Å². The fourth-order valence-electron chi connectivity index (χ4n) is 2.81. The number of thioether (sulfide) groups is 1. The Labute approximate surface area is 141 Å². The average Bonchev–Trinajstić information content (AvgIpc) is 2.63. The van der Waals surface area contributed by atoms with Crippen molar-refractivity contribution in [3.05, 3.63) is 65.4 Å². The minimum Gasteiger partial charge on any atom is -0.294 e. The molecule has 0 fully saturated rings. The zero-order valence-electron chi connectivity index (χ0n) is 13.2. The predicted molar refractivity (Wildman–Crippen MR) is 95.0 cm³/mol. The molecule has 0 aliphatic carbocycles. The minimum absolute atomic E-state index is 0.658. The molecule has 0 saturated carbocycles. The molecule has 1 aromatic carbocycles. The summed E-state index contributed by atoms with van der Waals surface area (Å²) in [5, 5.41) is 9.90. The van der Waals surface area contributed by atoms with Crippen LogP contribution in [-0.2, 0) is 6.54 Å². The van der Waals surface area contributed by atoms with Gasteiger partial charge in [-0.05, 0) is 35.9 Å². The summed E-state index contributed by atoms with van der Waals surface area (Å²) >= 11 is 1.53. The summed E-state index contributed by atoms with van der Waals surface area (Å²) in [7, 11) is 0. The predicted octanol–water partition coefficient (Wildman–Crippen LogP) is 3.96. The van der Waals surface area contributed by atoms with E-state index in [-0.39, 0.29) is 0 Å². The molecule has 2 aromatic rings. The number of aromatic nitrogens is 1. The summed E-state index contributed by atoms with van der Waals surface area (Å²) in [6.07, 6.45) is 5.34. The molecule has 0 spiro atoms. The largest absolute Gasteiger partial charge is 0.294 e. The summed E-state index contributed by atoms with van der Waals surface area (Å²) in [5.41, 5.74) is 4.45. The molecule has 4 heteroatoms. The van der Waals surface area contributed by atoms with Gasteiger partial charge in [0, 0.05) is 19.6 Å². The lowest BCUT2D eigenvalue weighted by atomic mass is 9.99. The van der Waals surface area contributed by atoms with Gasteiger partial charge in [-0.25, -0.2) is 4.98 Å². The van der Waals surface area contributed by atoms with Crippen molar-refractivity contribution in [1.29, 1.82) is 5.26 Å². The van der Waals surface area contributed by atoms with Gasteiger partial charge in [-0.15, -0.1) is 11.8 Å². The van der Waals surface area contributed by atoms with Crippen molar-refractivity contribution < 1.29 is 0 Å². The van der Waals surface area contributed by atoms with E-state index < -0.39 is 0 Å². The quantitative estimate of drug-likeness (QED) is 0.799. The zero-order valence-corrected chi connectivity index (χ0v) is 14.0. The lowest BCUT2D eigenvalue weighted by Crippen LogP contribution is -2.28. The van der Waals surface area contributed by atoms with E-state index in [0.29, 0.717) is 5.56 Å². The molecule has 0 radical (unpaired) electrons. The standard InChI is InChI=1S/C19H19N3S/c1-23-19-17(13-20)7-8-18(21-19)14-22-11-9-16(10-12-22)15-5-3-2-4-6-15/h2-9H,10-12,14H2,1H3. The Hall–Kier alpha value is -2.09. The maximum absolute atomic E-state index is 9.08. The normalized spacial score (nSPS) is 15.0. The van der Waals surface area contributed by atoms with Crippen LogP contribution in [0, 0.1) is 11.3 Å². The van der Waals surface area contributed by atoms with Crippen LogP contribution in [0.4, 0.5) is 0 Å². The highest BCUT2D eigenvalue weighted by Crippen LogP contribution is 2.23. The Morgan fingerprint density at radius 3 is 2.70 bits per heavy atom. The maximum atomic E-state index is 9.08. The van der Waals surface area contributed by atoms with Crippen LogP contribution in [0.3, 0.4) is 0 Å². The Bertz CT molecular complexity index is 747. The second-order valence-corrected chi connectivity index (χ2v) is 6.35. The van der Waals surface area contributed by atoms with Gasteiger partial charge in [0.25, 0.3) is 0 Å². The van der Waals surface area contributed by atoms with Gasteiger partial charge in [-0.2, -0.15) is 5.26 Å². The Morgan fingerprint density at radius 2 is 2.04 bits per heavy atom. The van der Waals surface area contributed by atoms with E-state index in [2.05, 4.69) is 52.4 Å². The van der Waals surface area contributed by atoms with Crippen molar-refractivity contribution in [3.8, 4) is 6.07 Å². The number of hydrogen-bond donors (Lipinski definition) is 0. The Kier molecular flexibility index (Phi) is 5.12. The average molecular weight is 321 g/mol. The number of nitriles is 1. The van der Waals surface area contributed by atoms with Crippen LogP contribution >= 0.6 is 11.8 Å². The molecule has 116 valence electrons. The van der Waals surface area contributed by atoms with Crippen molar-refractivity contribution in [2.75, 3.05) is 19.3 Å². The molecular formula is C19H19N3S. The third kappa shape index (κ3) is 3.82. The molecule has 1 aliphatic rings.